The van der Waals surface area contributed by atoms with Crippen LogP contribution in [0.15, 0.2) is 42.5 Å². The lowest BCUT2D eigenvalue weighted by Gasteiger charge is -2.10. The van der Waals surface area contributed by atoms with Crippen LogP contribution >= 0.6 is 0 Å². The summed E-state index contributed by atoms with van der Waals surface area (Å²) in [7, 11) is 1.55. The fourth-order valence-corrected chi connectivity index (χ4v) is 2.04. The Hall–Kier alpha value is -2.96. The topological polar surface area (TPSA) is 78.8 Å². The average Bonchev–Trinajstić information content (AvgIpc) is 2.98. The lowest BCUT2D eigenvalue weighted by Crippen LogP contribution is -2.03. The molecule has 0 aliphatic carbocycles. The van der Waals surface area contributed by atoms with Crippen molar-refractivity contribution in [2.75, 3.05) is 12.8 Å². The highest BCUT2D eigenvalue weighted by atomic mass is 19.1. The van der Waals surface area contributed by atoms with Crippen LogP contribution in [0.3, 0.4) is 0 Å². The molecule has 0 bridgehead atoms. The summed E-state index contributed by atoms with van der Waals surface area (Å²) in [5.74, 6) is 0.384. The third kappa shape index (κ3) is 2.29. The van der Waals surface area contributed by atoms with Gasteiger partial charge in [-0.1, -0.05) is 12.1 Å². The molecular formula is C14H12FN5O. The highest BCUT2D eigenvalue weighted by Crippen LogP contribution is 2.28. The molecule has 0 unspecified atom stereocenters. The SMILES string of the molecule is COc1ccccc1-n1nnnc1-c1cc(N)ccc1F. The number of halogens is 1. The number of benzene rings is 2. The van der Waals surface area contributed by atoms with E-state index < -0.39 is 5.82 Å². The third-order valence-electron chi connectivity index (χ3n) is 3.01. The molecule has 0 saturated carbocycles. The van der Waals surface area contributed by atoms with Crippen molar-refractivity contribution in [3.63, 3.8) is 0 Å². The Morgan fingerprint density at radius 1 is 1.19 bits per heavy atom. The number of methoxy groups -OCH3 is 1. The Bertz CT molecular complexity index is 787. The first kappa shape index (κ1) is 13.0. The quantitative estimate of drug-likeness (QED) is 0.745. The summed E-state index contributed by atoms with van der Waals surface area (Å²) >= 11 is 0. The number of nitrogen functional groups attached to an aromatic ring is 1. The van der Waals surface area contributed by atoms with Crippen molar-refractivity contribution in [3.8, 4) is 22.8 Å². The lowest BCUT2D eigenvalue weighted by atomic mass is 10.1. The zero-order valence-corrected chi connectivity index (χ0v) is 11.2. The largest absolute Gasteiger partial charge is 0.494 e. The van der Waals surface area contributed by atoms with Gasteiger partial charge in [0.2, 0.25) is 0 Å². The number of nitrogens with zero attached hydrogens (tertiary/aromatic N) is 4. The van der Waals surface area contributed by atoms with E-state index in [0.29, 0.717) is 17.1 Å². The molecule has 3 aromatic rings. The summed E-state index contributed by atoms with van der Waals surface area (Å²) in [5.41, 5.74) is 6.98. The molecule has 0 radical (unpaired) electrons. The van der Waals surface area contributed by atoms with Crippen LogP contribution in [0.5, 0.6) is 5.75 Å². The number of anilines is 1. The molecule has 0 spiro atoms. The van der Waals surface area contributed by atoms with Crippen molar-refractivity contribution >= 4 is 5.69 Å². The fraction of sp³-hybridized carbons (Fsp3) is 0.0714. The predicted molar refractivity (Wildman–Crippen MR) is 75.5 cm³/mol. The average molecular weight is 285 g/mol. The molecule has 1 aromatic heterocycles. The Morgan fingerprint density at radius 2 is 2.00 bits per heavy atom. The van der Waals surface area contributed by atoms with Gasteiger partial charge in [0.05, 0.1) is 12.7 Å². The second kappa shape index (κ2) is 5.20. The number of para-hydroxylation sites is 2. The molecule has 0 saturated heterocycles. The second-order valence-electron chi connectivity index (χ2n) is 4.33. The summed E-state index contributed by atoms with van der Waals surface area (Å²) < 4.78 is 20.7. The van der Waals surface area contributed by atoms with E-state index in [1.807, 2.05) is 12.1 Å². The van der Waals surface area contributed by atoms with Crippen molar-refractivity contribution in [2.24, 2.45) is 0 Å². The third-order valence-corrected chi connectivity index (χ3v) is 3.01. The van der Waals surface area contributed by atoms with Gasteiger partial charge in [0, 0.05) is 5.69 Å². The van der Waals surface area contributed by atoms with Gasteiger partial charge in [-0.2, -0.15) is 4.68 Å². The maximum atomic E-state index is 14.0. The minimum Gasteiger partial charge on any atom is -0.494 e. The number of nitrogens with two attached hydrogens (primary N) is 1. The number of hydrogen-bond donors (Lipinski definition) is 1. The fourth-order valence-electron chi connectivity index (χ4n) is 2.04. The van der Waals surface area contributed by atoms with Crippen molar-refractivity contribution in [3.05, 3.63) is 48.3 Å². The van der Waals surface area contributed by atoms with Gasteiger partial charge in [-0.05, 0) is 40.8 Å². The Labute approximate surface area is 120 Å². The van der Waals surface area contributed by atoms with Crippen LogP contribution in [0.1, 0.15) is 0 Å². The predicted octanol–water partition coefficient (Wildman–Crippen LogP) is 2.06. The first-order chi connectivity index (χ1) is 10.2. The second-order valence-corrected chi connectivity index (χ2v) is 4.33. The minimum absolute atomic E-state index is 0.228. The highest BCUT2D eigenvalue weighted by Gasteiger charge is 2.17. The molecule has 0 amide bonds. The van der Waals surface area contributed by atoms with Crippen LogP contribution in [0.25, 0.3) is 17.1 Å². The van der Waals surface area contributed by atoms with E-state index in [1.165, 1.54) is 22.9 Å². The lowest BCUT2D eigenvalue weighted by molar-refractivity contribution is 0.411. The van der Waals surface area contributed by atoms with Crippen LogP contribution in [-0.4, -0.2) is 27.3 Å². The van der Waals surface area contributed by atoms with Crippen LogP contribution in [-0.2, 0) is 0 Å². The van der Waals surface area contributed by atoms with Gasteiger partial charge >= 0.3 is 0 Å². The van der Waals surface area contributed by atoms with Crippen LogP contribution in [0.4, 0.5) is 10.1 Å². The van der Waals surface area contributed by atoms with Crippen molar-refractivity contribution < 1.29 is 9.13 Å². The molecule has 106 valence electrons. The molecule has 0 atom stereocenters. The normalized spacial score (nSPS) is 10.6. The summed E-state index contributed by atoms with van der Waals surface area (Å²) in [6, 6.07) is 11.5. The van der Waals surface area contributed by atoms with E-state index in [1.54, 1.807) is 19.2 Å². The van der Waals surface area contributed by atoms with E-state index in [9.17, 15) is 4.39 Å². The monoisotopic (exact) mass is 285 g/mol. The summed E-state index contributed by atoms with van der Waals surface area (Å²) in [6.45, 7) is 0. The Balaban J connectivity index is 2.20. The van der Waals surface area contributed by atoms with E-state index in [0.717, 1.165) is 0 Å². The zero-order valence-electron chi connectivity index (χ0n) is 11.2. The Morgan fingerprint density at radius 3 is 2.81 bits per heavy atom. The maximum absolute atomic E-state index is 14.0. The van der Waals surface area contributed by atoms with E-state index in [2.05, 4.69) is 15.5 Å². The zero-order chi connectivity index (χ0) is 14.8. The molecule has 0 fully saturated rings. The van der Waals surface area contributed by atoms with Gasteiger partial charge in [-0.15, -0.1) is 5.10 Å². The molecular weight excluding hydrogens is 273 g/mol. The standard InChI is InChI=1S/C14H12FN5O/c1-21-13-5-3-2-4-12(13)20-14(17-18-19-20)10-8-9(16)6-7-11(10)15/h2-8H,16H2,1H3. The number of rotatable bonds is 3. The van der Waals surface area contributed by atoms with E-state index in [-0.39, 0.29) is 11.4 Å². The van der Waals surface area contributed by atoms with Gasteiger partial charge in [-0.3, -0.25) is 0 Å². The molecule has 0 aliphatic rings. The molecule has 2 N–H and O–H groups in total. The van der Waals surface area contributed by atoms with Crippen LogP contribution < -0.4 is 10.5 Å². The highest BCUT2D eigenvalue weighted by molar-refractivity contribution is 5.64. The van der Waals surface area contributed by atoms with Crippen LogP contribution in [0.2, 0.25) is 0 Å². The Kier molecular flexibility index (Phi) is 3.23. The molecule has 6 nitrogen and oxygen atoms in total. The molecule has 0 aliphatic heterocycles. The van der Waals surface area contributed by atoms with Crippen molar-refractivity contribution in [1.82, 2.24) is 20.2 Å². The molecule has 3 rings (SSSR count). The van der Waals surface area contributed by atoms with E-state index >= 15 is 0 Å². The number of tetrazole rings is 1. The number of aromatic nitrogens is 4. The van der Waals surface area contributed by atoms with E-state index in [4.69, 9.17) is 10.5 Å². The van der Waals surface area contributed by atoms with Crippen molar-refractivity contribution in [1.29, 1.82) is 0 Å². The van der Waals surface area contributed by atoms with Gasteiger partial charge in [-0.25, -0.2) is 4.39 Å². The van der Waals surface area contributed by atoms with Crippen molar-refractivity contribution in [2.45, 2.75) is 0 Å². The number of ether oxygens (including phenoxy) is 1. The van der Waals surface area contributed by atoms with Gasteiger partial charge in [0.1, 0.15) is 17.3 Å². The molecule has 21 heavy (non-hydrogen) atoms. The van der Waals surface area contributed by atoms with Gasteiger partial charge in [0.25, 0.3) is 0 Å². The summed E-state index contributed by atoms with van der Waals surface area (Å²) in [6.07, 6.45) is 0. The van der Waals surface area contributed by atoms with Crippen LogP contribution in [0, 0.1) is 5.82 Å². The maximum Gasteiger partial charge on any atom is 0.190 e. The number of hydrogen-bond acceptors (Lipinski definition) is 5. The first-order valence-corrected chi connectivity index (χ1v) is 6.18. The summed E-state index contributed by atoms with van der Waals surface area (Å²) in [4.78, 5) is 0. The smallest absolute Gasteiger partial charge is 0.190 e. The summed E-state index contributed by atoms with van der Waals surface area (Å²) in [5, 5.41) is 11.4. The molecule has 2 aromatic carbocycles. The van der Waals surface area contributed by atoms with Gasteiger partial charge in [0.15, 0.2) is 5.82 Å². The van der Waals surface area contributed by atoms with Gasteiger partial charge < -0.3 is 10.5 Å². The molecule has 7 heteroatoms. The minimum atomic E-state index is -0.449. The molecule has 1 heterocycles. The first-order valence-electron chi connectivity index (χ1n) is 6.18.